The summed E-state index contributed by atoms with van der Waals surface area (Å²) in [6, 6.07) is 12.1. The van der Waals surface area contributed by atoms with Crippen molar-refractivity contribution in [2.24, 2.45) is 11.8 Å². The van der Waals surface area contributed by atoms with Crippen molar-refractivity contribution in [2.45, 2.75) is 59.4 Å². The quantitative estimate of drug-likeness (QED) is 0.665. The molecule has 0 aliphatic heterocycles. The van der Waals surface area contributed by atoms with Crippen LogP contribution in [0.1, 0.15) is 44.4 Å². The Kier molecular flexibility index (Phi) is 7.70. The fourth-order valence-corrected chi connectivity index (χ4v) is 4.91. The number of benzene rings is 2. The molecule has 5 nitrogen and oxygen atoms in total. The van der Waals surface area contributed by atoms with Crippen molar-refractivity contribution in [3.05, 3.63) is 59.2 Å². The third kappa shape index (κ3) is 5.63. The number of carbonyl (C=O) groups excluding carboxylic acids is 1. The van der Waals surface area contributed by atoms with Gasteiger partial charge in [0.15, 0.2) is 0 Å². The predicted molar refractivity (Wildman–Crippen MR) is 123 cm³/mol. The fraction of sp³-hybridized carbons (Fsp3) is 0.458. The smallest absolute Gasteiger partial charge is 0.264 e. The number of sulfonamides is 1. The largest absolute Gasteiger partial charge is 0.351 e. The molecule has 2 rings (SSSR count). The maximum atomic E-state index is 13.5. The number of nitrogens with one attached hydrogen (secondary N) is 1. The molecule has 6 heteroatoms. The van der Waals surface area contributed by atoms with Gasteiger partial charge in [0.2, 0.25) is 5.91 Å². The maximum absolute atomic E-state index is 13.5. The highest BCUT2D eigenvalue weighted by Crippen LogP contribution is 2.26. The van der Waals surface area contributed by atoms with Gasteiger partial charge in [-0.25, -0.2) is 8.42 Å². The van der Waals surface area contributed by atoms with E-state index in [1.807, 2.05) is 32.9 Å². The lowest BCUT2D eigenvalue weighted by Crippen LogP contribution is -2.47. The van der Waals surface area contributed by atoms with E-state index in [1.54, 1.807) is 30.3 Å². The molecule has 0 aliphatic carbocycles. The lowest BCUT2D eigenvalue weighted by atomic mass is 9.93. The molecule has 2 aromatic carbocycles. The fourth-order valence-electron chi connectivity index (χ4n) is 3.50. The van der Waals surface area contributed by atoms with E-state index >= 15 is 0 Å². The minimum Gasteiger partial charge on any atom is -0.351 e. The lowest BCUT2D eigenvalue weighted by molar-refractivity contribution is -0.121. The average Bonchev–Trinajstić information content (AvgIpc) is 2.66. The van der Waals surface area contributed by atoms with E-state index in [4.69, 9.17) is 0 Å². The summed E-state index contributed by atoms with van der Waals surface area (Å²) in [4.78, 5) is 13.1. The van der Waals surface area contributed by atoms with E-state index in [1.165, 1.54) is 4.31 Å². The Balaban J connectivity index is 2.45. The summed E-state index contributed by atoms with van der Waals surface area (Å²) in [7, 11) is -3.90. The van der Waals surface area contributed by atoms with Crippen LogP contribution in [0.4, 0.5) is 5.69 Å². The van der Waals surface area contributed by atoms with Crippen LogP contribution in [0.2, 0.25) is 0 Å². The Hall–Kier alpha value is -2.34. The Labute approximate surface area is 181 Å². The second-order valence-electron chi connectivity index (χ2n) is 8.67. The summed E-state index contributed by atoms with van der Waals surface area (Å²) < 4.78 is 28.2. The summed E-state index contributed by atoms with van der Waals surface area (Å²) in [6.07, 6.45) is 0. The third-order valence-electron chi connectivity index (χ3n) is 5.44. The molecule has 0 heterocycles. The van der Waals surface area contributed by atoms with E-state index in [2.05, 4.69) is 33.0 Å². The first-order valence-electron chi connectivity index (χ1n) is 10.4. The first-order chi connectivity index (χ1) is 13.9. The van der Waals surface area contributed by atoms with Crippen molar-refractivity contribution in [3.8, 4) is 0 Å². The normalized spacial score (nSPS) is 11.9. The summed E-state index contributed by atoms with van der Waals surface area (Å²) in [5, 5.41) is 3.03. The van der Waals surface area contributed by atoms with Crippen molar-refractivity contribution >= 4 is 21.6 Å². The molecule has 0 radical (unpaired) electrons. The van der Waals surface area contributed by atoms with Crippen LogP contribution in [-0.4, -0.2) is 26.9 Å². The van der Waals surface area contributed by atoms with Crippen LogP contribution in [0, 0.1) is 32.6 Å². The number of rotatable bonds is 8. The molecular formula is C24H34N2O3S. The zero-order valence-electron chi connectivity index (χ0n) is 19.1. The summed E-state index contributed by atoms with van der Waals surface area (Å²) in [5.41, 5.74) is 3.50. The van der Waals surface area contributed by atoms with Gasteiger partial charge >= 0.3 is 0 Å². The molecule has 0 unspecified atom stereocenters. The molecule has 0 fully saturated rings. The van der Waals surface area contributed by atoms with Crippen LogP contribution in [0.15, 0.2) is 47.4 Å². The number of hydrogen-bond acceptors (Lipinski definition) is 3. The highest BCUT2D eigenvalue weighted by Gasteiger charge is 2.29. The van der Waals surface area contributed by atoms with Gasteiger partial charge in [-0.05, 0) is 68.0 Å². The van der Waals surface area contributed by atoms with Crippen molar-refractivity contribution in [1.82, 2.24) is 5.32 Å². The molecule has 0 bridgehead atoms. The van der Waals surface area contributed by atoms with Gasteiger partial charge in [-0.1, -0.05) is 51.5 Å². The molecule has 0 atom stereocenters. The number of aryl methyl sites for hydroxylation is 3. The van der Waals surface area contributed by atoms with Crippen LogP contribution in [0.5, 0.6) is 0 Å². The minimum atomic E-state index is -3.90. The van der Waals surface area contributed by atoms with Gasteiger partial charge in [0, 0.05) is 6.04 Å². The molecule has 0 saturated carbocycles. The first-order valence-corrected chi connectivity index (χ1v) is 11.8. The molecule has 0 aliphatic rings. The van der Waals surface area contributed by atoms with Crippen molar-refractivity contribution < 1.29 is 13.2 Å². The monoisotopic (exact) mass is 430 g/mol. The van der Waals surface area contributed by atoms with E-state index < -0.39 is 10.0 Å². The van der Waals surface area contributed by atoms with Gasteiger partial charge in [0.1, 0.15) is 6.54 Å². The summed E-state index contributed by atoms with van der Waals surface area (Å²) >= 11 is 0. The van der Waals surface area contributed by atoms with E-state index in [-0.39, 0.29) is 35.2 Å². The Morgan fingerprint density at radius 2 is 1.47 bits per heavy atom. The maximum Gasteiger partial charge on any atom is 0.264 e. The Morgan fingerprint density at radius 3 is 1.97 bits per heavy atom. The highest BCUT2D eigenvalue weighted by atomic mass is 32.2. The second-order valence-corrected chi connectivity index (χ2v) is 10.5. The van der Waals surface area contributed by atoms with Crippen LogP contribution in [-0.2, 0) is 14.8 Å². The molecule has 0 saturated heterocycles. The zero-order chi connectivity index (χ0) is 22.6. The van der Waals surface area contributed by atoms with Gasteiger partial charge in [0.05, 0.1) is 10.6 Å². The predicted octanol–water partition coefficient (Wildman–Crippen LogP) is 4.60. The number of carbonyl (C=O) groups is 1. The molecule has 30 heavy (non-hydrogen) atoms. The van der Waals surface area contributed by atoms with E-state index in [9.17, 15) is 13.2 Å². The van der Waals surface area contributed by atoms with Crippen LogP contribution < -0.4 is 9.62 Å². The lowest BCUT2D eigenvalue weighted by Gasteiger charge is -2.29. The minimum absolute atomic E-state index is 0.0267. The van der Waals surface area contributed by atoms with Gasteiger partial charge in [0.25, 0.3) is 10.0 Å². The first kappa shape index (κ1) is 23.9. The molecule has 1 amide bonds. The Morgan fingerprint density at radius 1 is 0.900 bits per heavy atom. The Bertz CT molecular complexity index is 972. The molecule has 0 spiro atoms. The van der Waals surface area contributed by atoms with Gasteiger partial charge < -0.3 is 5.32 Å². The van der Waals surface area contributed by atoms with Crippen LogP contribution >= 0.6 is 0 Å². The van der Waals surface area contributed by atoms with Gasteiger partial charge in [-0.15, -0.1) is 0 Å². The third-order valence-corrected chi connectivity index (χ3v) is 7.23. The molecule has 164 valence electrons. The molecule has 0 aromatic heterocycles. The average molecular weight is 431 g/mol. The second kappa shape index (κ2) is 9.65. The number of hydrogen-bond donors (Lipinski definition) is 1. The summed E-state index contributed by atoms with van der Waals surface area (Å²) in [6.45, 7) is 13.7. The summed E-state index contributed by atoms with van der Waals surface area (Å²) in [5.74, 6) is 0.187. The van der Waals surface area contributed by atoms with Crippen LogP contribution in [0.3, 0.4) is 0 Å². The molecular weight excluding hydrogens is 396 g/mol. The van der Waals surface area contributed by atoms with Crippen LogP contribution in [0.25, 0.3) is 0 Å². The number of nitrogens with zero attached hydrogens (tertiary/aromatic N) is 1. The van der Waals surface area contributed by atoms with E-state index in [0.29, 0.717) is 5.69 Å². The van der Waals surface area contributed by atoms with Gasteiger partial charge in [-0.3, -0.25) is 9.10 Å². The van der Waals surface area contributed by atoms with Crippen molar-refractivity contribution in [2.75, 3.05) is 10.8 Å². The molecule has 2 aromatic rings. The van der Waals surface area contributed by atoms with Crippen molar-refractivity contribution in [3.63, 3.8) is 0 Å². The SMILES string of the molecule is Cc1ccc(S(=O)(=O)N(CC(=O)NC(C(C)C)C(C)C)c2ccc(C)c(C)c2)cc1. The zero-order valence-corrected chi connectivity index (χ0v) is 19.9. The topological polar surface area (TPSA) is 66.5 Å². The standard InChI is InChI=1S/C24H34N2O3S/c1-16(2)24(17(3)4)25-23(27)15-26(21-11-10-19(6)20(7)14-21)30(28,29)22-12-8-18(5)9-13-22/h8-14,16-17,24H,15H2,1-7H3,(H,25,27). The van der Waals surface area contributed by atoms with Gasteiger partial charge in [-0.2, -0.15) is 0 Å². The van der Waals surface area contributed by atoms with Crippen molar-refractivity contribution in [1.29, 1.82) is 0 Å². The van der Waals surface area contributed by atoms with E-state index in [0.717, 1.165) is 16.7 Å². The molecule has 1 N–H and O–H groups in total. The number of amides is 1. The highest BCUT2D eigenvalue weighted by molar-refractivity contribution is 7.92. The number of anilines is 1.